The highest BCUT2D eigenvalue weighted by Gasteiger charge is 2.16. The second-order valence-electron chi connectivity index (χ2n) is 3.79. The summed E-state index contributed by atoms with van der Waals surface area (Å²) >= 11 is 0. The average Bonchev–Trinajstić information content (AvgIpc) is 2.67. The Labute approximate surface area is 97.7 Å². The number of carboxylic acids is 1. The third kappa shape index (κ3) is 2.27. The molecule has 2 aromatic rings. The van der Waals surface area contributed by atoms with Gasteiger partial charge in [-0.1, -0.05) is 18.2 Å². The van der Waals surface area contributed by atoms with Gasteiger partial charge in [-0.3, -0.25) is 9.07 Å². The molecular formula is C12H13FN2O2. The van der Waals surface area contributed by atoms with Crippen LogP contribution in [0.5, 0.6) is 0 Å². The van der Waals surface area contributed by atoms with Crippen molar-refractivity contribution < 1.29 is 14.3 Å². The van der Waals surface area contributed by atoms with Crippen LogP contribution in [-0.4, -0.2) is 27.5 Å². The van der Waals surface area contributed by atoms with E-state index in [1.807, 2.05) is 6.07 Å². The van der Waals surface area contributed by atoms with E-state index in [0.29, 0.717) is 30.3 Å². The highest BCUT2D eigenvalue weighted by Crippen LogP contribution is 2.18. The SMILES string of the molecule is O=C(O)c1c2ccccc2nn1CCCCF. The van der Waals surface area contributed by atoms with E-state index in [0.717, 1.165) is 0 Å². The van der Waals surface area contributed by atoms with Gasteiger partial charge in [0.05, 0.1) is 12.2 Å². The smallest absolute Gasteiger partial charge is 0.354 e. The zero-order valence-corrected chi connectivity index (χ0v) is 9.27. The molecule has 1 aromatic carbocycles. The largest absolute Gasteiger partial charge is 0.477 e. The van der Waals surface area contributed by atoms with Crippen molar-refractivity contribution in [1.82, 2.24) is 9.78 Å². The number of aromatic carboxylic acids is 1. The molecule has 0 aliphatic carbocycles. The van der Waals surface area contributed by atoms with Crippen LogP contribution in [0.25, 0.3) is 10.9 Å². The molecule has 90 valence electrons. The third-order valence-corrected chi connectivity index (χ3v) is 2.60. The molecule has 1 heterocycles. The van der Waals surface area contributed by atoms with Gasteiger partial charge in [-0.2, -0.15) is 5.10 Å². The predicted octanol–water partition coefficient (Wildman–Crippen LogP) is 2.48. The van der Waals surface area contributed by atoms with E-state index in [4.69, 9.17) is 0 Å². The third-order valence-electron chi connectivity index (χ3n) is 2.60. The van der Waals surface area contributed by atoms with Crippen molar-refractivity contribution in [3.63, 3.8) is 0 Å². The van der Waals surface area contributed by atoms with Gasteiger partial charge in [0.2, 0.25) is 0 Å². The first kappa shape index (κ1) is 11.6. The monoisotopic (exact) mass is 236 g/mol. The van der Waals surface area contributed by atoms with Gasteiger partial charge in [-0.05, 0) is 18.9 Å². The van der Waals surface area contributed by atoms with Crippen LogP contribution in [0.2, 0.25) is 0 Å². The molecule has 0 aliphatic heterocycles. The zero-order chi connectivity index (χ0) is 12.3. The lowest BCUT2D eigenvalue weighted by molar-refractivity contribution is 0.0685. The van der Waals surface area contributed by atoms with Crippen LogP contribution in [0.4, 0.5) is 4.39 Å². The van der Waals surface area contributed by atoms with E-state index in [2.05, 4.69) is 5.10 Å². The first-order valence-electron chi connectivity index (χ1n) is 5.49. The molecule has 0 bridgehead atoms. The maximum atomic E-state index is 12.0. The van der Waals surface area contributed by atoms with E-state index >= 15 is 0 Å². The van der Waals surface area contributed by atoms with Crippen molar-refractivity contribution in [2.45, 2.75) is 19.4 Å². The maximum Gasteiger partial charge on any atom is 0.354 e. The molecule has 0 spiro atoms. The molecule has 0 fully saturated rings. The molecule has 0 unspecified atom stereocenters. The molecule has 2 rings (SSSR count). The maximum absolute atomic E-state index is 12.0. The summed E-state index contributed by atoms with van der Waals surface area (Å²) in [5.74, 6) is -1.00. The quantitative estimate of drug-likeness (QED) is 0.811. The number of alkyl halides is 1. The number of aryl methyl sites for hydroxylation is 1. The lowest BCUT2D eigenvalue weighted by Crippen LogP contribution is -2.10. The van der Waals surface area contributed by atoms with Gasteiger partial charge < -0.3 is 5.11 Å². The van der Waals surface area contributed by atoms with Crippen LogP contribution < -0.4 is 0 Å². The van der Waals surface area contributed by atoms with E-state index in [-0.39, 0.29) is 12.4 Å². The second-order valence-corrected chi connectivity index (χ2v) is 3.79. The van der Waals surface area contributed by atoms with Gasteiger partial charge in [0, 0.05) is 11.9 Å². The summed E-state index contributed by atoms with van der Waals surface area (Å²) in [4.78, 5) is 11.2. The number of halogens is 1. The van der Waals surface area contributed by atoms with Gasteiger partial charge in [0.15, 0.2) is 5.69 Å². The molecule has 0 saturated heterocycles. The molecular weight excluding hydrogens is 223 g/mol. The van der Waals surface area contributed by atoms with Crippen molar-refractivity contribution in [3.05, 3.63) is 30.0 Å². The standard InChI is InChI=1S/C12H13FN2O2/c13-7-3-4-8-15-11(12(16)17)9-5-1-2-6-10(9)14-15/h1-2,5-6H,3-4,7-8H2,(H,16,17). The number of carbonyl (C=O) groups is 1. The van der Waals surface area contributed by atoms with Gasteiger partial charge in [0.25, 0.3) is 0 Å². The molecule has 0 radical (unpaired) electrons. The molecule has 0 amide bonds. The lowest BCUT2D eigenvalue weighted by Gasteiger charge is -2.02. The Morgan fingerprint density at radius 2 is 2.12 bits per heavy atom. The Hall–Kier alpha value is -1.91. The predicted molar refractivity (Wildman–Crippen MR) is 61.9 cm³/mol. The molecule has 17 heavy (non-hydrogen) atoms. The number of fused-ring (bicyclic) bond motifs is 1. The molecule has 0 atom stereocenters. The number of hydrogen-bond acceptors (Lipinski definition) is 2. The Morgan fingerprint density at radius 3 is 2.82 bits per heavy atom. The summed E-state index contributed by atoms with van der Waals surface area (Å²) in [7, 11) is 0. The summed E-state index contributed by atoms with van der Waals surface area (Å²) in [5.41, 5.74) is 0.838. The fraction of sp³-hybridized carbons (Fsp3) is 0.333. The van der Waals surface area contributed by atoms with E-state index in [1.54, 1.807) is 18.2 Å². The van der Waals surface area contributed by atoms with Crippen molar-refractivity contribution >= 4 is 16.9 Å². The molecule has 5 heteroatoms. The fourth-order valence-corrected chi connectivity index (χ4v) is 1.82. The number of rotatable bonds is 5. The lowest BCUT2D eigenvalue weighted by atomic mass is 10.2. The number of unbranched alkanes of at least 4 members (excludes halogenated alkanes) is 1. The summed E-state index contributed by atoms with van der Waals surface area (Å²) in [6.07, 6.45) is 1.01. The Morgan fingerprint density at radius 1 is 1.35 bits per heavy atom. The number of nitrogens with zero attached hydrogens (tertiary/aromatic N) is 2. The minimum absolute atomic E-state index is 0.180. The van der Waals surface area contributed by atoms with Gasteiger partial charge in [0.1, 0.15) is 0 Å². The van der Waals surface area contributed by atoms with E-state index in [1.165, 1.54) is 4.68 Å². The molecule has 0 aliphatic rings. The first-order chi connectivity index (χ1) is 8.24. The van der Waals surface area contributed by atoms with Crippen molar-refractivity contribution in [2.24, 2.45) is 0 Å². The van der Waals surface area contributed by atoms with Crippen LogP contribution in [-0.2, 0) is 6.54 Å². The van der Waals surface area contributed by atoms with E-state index < -0.39 is 5.97 Å². The minimum Gasteiger partial charge on any atom is -0.477 e. The molecule has 4 nitrogen and oxygen atoms in total. The molecule has 1 N–H and O–H groups in total. The summed E-state index contributed by atoms with van der Waals surface area (Å²) in [6.45, 7) is 0.0451. The zero-order valence-electron chi connectivity index (χ0n) is 9.27. The van der Waals surface area contributed by atoms with Crippen LogP contribution in [0.3, 0.4) is 0 Å². The Kier molecular flexibility index (Phi) is 3.37. The second kappa shape index (κ2) is 4.95. The summed E-state index contributed by atoms with van der Waals surface area (Å²) < 4.78 is 13.5. The van der Waals surface area contributed by atoms with Crippen LogP contribution in [0, 0.1) is 0 Å². The minimum atomic E-state index is -1.00. The fourth-order valence-electron chi connectivity index (χ4n) is 1.82. The summed E-state index contributed by atoms with van der Waals surface area (Å²) in [6, 6.07) is 7.10. The Bertz CT molecular complexity index is 536. The molecule has 1 aromatic heterocycles. The van der Waals surface area contributed by atoms with Crippen LogP contribution >= 0.6 is 0 Å². The normalized spacial score (nSPS) is 10.9. The molecule has 0 saturated carbocycles. The Balaban J connectivity index is 2.39. The first-order valence-corrected chi connectivity index (χ1v) is 5.49. The van der Waals surface area contributed by atoms with Crippen molar-refractivity contribution in [3.8, 4) is 0 Å². The summed E-state index contributed by atoms with van der Waals surface area (Å²) in [5, 5.41) is 14.0. The number of benzene rings is 1. The number of hydrogen-bond donors (Lipinski definition) is 1. The topological polar surface area (TPSA) is 55.1 Å². The van der Waals surface area contributed by atoms with Crippen LogP contribution in [0.1, 0.15) is 23.3 Å². The van der Waals surface area contributed by atoms with E-state index in [9.17, 15) is 14.3 Å². The highest BCUT2D eigenvalue weighted by atomic mass is 19.1. The average molecular weight is 236 g/mol. The van der Waals surface area contributed by atoms with Crippen LogP contribution in [0.15, 0.2) is 24.3 Å². The number of carboxylic acid groups (broad SMARTS) is 1. The highest BCUT2D eigenvalue weighted by molar-refractivity contribution is 6.01. The van der Waals surface area contributed by atoms with Gasteiger partial charge in [-0.15, -0.1) is 0 Å². The van der Waals surface area contributed by atoms with Gasteiger partial charge >= 0.3 is 5.97 Å². The van der Waals surface area contributed by atoms with Gasteiger partial charge in [-0.25, -0.2) is 4.79 Å². The van der Waals surface area contributed by atoms with Crippen molar-refractivity contribution in [2.75, 3.05) is 6.67 Å². The van der Waals surface area contributed by atoms with Crippen molar-refractivity contribution in [1.29, 1.82) is 0 Å². The number of aromatic nitrogens is 2.